The Labute approximate surface area is 74.5 Å². The van der Waals surface area contributed by atoms with Gasteiger partial charge in [-0.05, 0) is 26.7 Å². The maximum Gasteiger partial charge on any atom is 0.0739 e. The van der Waals surface area contributed by atoms with Gasteiger partial charge in [0.1, 0.15) is 0 Å². The summed E-state index contributed by atoms with van der Waals surface area (Å²) in [5, 5.41) is 0. The van der Waals surface area contributed by atoms with Crippen molar-refractivity contribution in [3.05, 3.63) is 0 Å². The second kappa shape index (κ2) is 4.49. The lowest BCUT2D eigenvalue weighted by Gasteiger charge is -2.16. The molecule has 0 bridgehead atoms. The summed E-state index contributed by atoms with van der Waals surface area (Å²) in [4.78, 5) is 0. The smallest absolute Gasteiger partial charge is 0.0739 e. The van der Waals surface area contributed by atoms with Crippen LogP contribution in [0.25, 0.3) is 0 Å². The van der Waals surface area contributed by atoms with Crippen LogP contribution in [0, 0.1) is 11.8 Å². The van der Waals surface area contributed by atoms with Crippen molar-refractivity contribution in [1.29, 1.82) is 0 Å². The van der Waals surface area contributed by atoms with Crippen LogP contribution in [-0.4, -0.2) is 18.2 Å². The Bertz CT molecular complexity index is 192. The minimum atomic E-state index is 0.0994. The van der Waals surface area contributed by atoms with Crippen LogP contribution in [0.15, 0.2) is 0 Å². The Hall–Kier alpha value is -0.520. The summed E-state index contributed by atoms with van der Waals surface area (Å²) in [5.41, 5.74) is 5.90. The summed E-state index contributed by atoms with van der Waals surface area (Å²) < 4.78 is 5.63. The fraction of sp³-hybridized carbons (Fsp3) is 0.800. The highest BCUT2D eigenvalue weighted by Crippen LogP contribution is 2.21. The molecule has 0 aliphatic carbocycles. The van der Waals surface area contributed by atoms with Crippen LogP contribution < -0.4 is 5.73 Å². The average molecular weight is 167 g/mol. The van der Waals surface area contributed by atoms with Gasteiger partial charge in [-0.3, -0.25) is 0 Å². The second-order valence-electron chi connectivity index (χ2n) is 3.36. The zero-order valence-corrected chi connectivity index (χ0v) is 7.84. The van der Waals surface area contributed by atoms with E-state index in [2.05, 4.69) is 18.8 Å². The molecule has 2 heteroatoms. The SMILES string of the molecule is CC#CCC(N)C1CCC(C)O1. The Morgan fingerprint density at radius 1 is 1.58 bits per heavy atom. The van der Waals surface area contributed by atoms with Crippen LogP contribution in [0.3, 0.4) is 0 Å². The van der Waals surface area contributed by atoms with E-state index in [1.165, 1.54) is 0 Å². The normalized spacial score (nSPS) is 30.9. The molecule has 1 aliphatic heterocycles. The fourth-order valence-corrected chi connectivity index (χ4v) is 1.50. The van der Waals surface area contributed by atoms with E-state index in [1.54, 1.807) is 0 Å². The number of hydrogen-bond donors (Lipinski definition) is 1. The summed E-state index contributed by atoms with van der Waals surface area (Å²) in [7, 11) is 0. The van der Waals surface area contributed by atoms with Crippen LogP contribution in [0.1, 0.15) is 33.1 Å². The van der Waals surface area contributed by atoms with E-state index in [4.69, 9.17) is 10.5 Å². The zero-order valence-electron chi connectivity index (χ0n) is 7.84. The molecule has 0 spiro atoms. The highest BCUT2D eigenvalue weighted by molar-refractivity contribution is 4.99. The van der Waals surface area contributed by atoms with Crippen molar-refractivity contribution in [2.75, 3.05) is 0 Å². The van der Waals surface area contributed by atoms with Gasteiger partial charge in [-0.2, -0.15) is 0 Å². The average Bonchev–Trinajstić information content (AvgIpc) is 2.47. The summed E-state index contributed by atoms with van der Waals surface area (Å²) in [6.45, 7) is 3.93. The molecule has 0 aromatic heterocycles. The van der Waals surface area contributed by atoms with Gasteiger partial charge in [-0.25, -0.2) is 0 Å². The first kappa shape index (κ1) is 9.57. The quantitative estimate of drug-likeness (QED) is 0.629. The molecule has 3 atom stereocenters. The molecule has 68 valence electrons. The molecule has 3 unspecified atom stereocenters. The molecule has 0 radical (unpaired) electrons. The van der Waals surface area contributed by atoms with Crippen molar-refractivity contribution < 1.29 is 4.74 Å². The van der Waals surface area contributed by atoms with E-state index in [1.807, 2.05) is 6.92 Å². The van der Waals surface area contributed by atoms with Crippen LogP contribution >= 0.6 is 0 Å². The maximum atomic E-state index is 5.90. The minimum Gasteiger partial charge on any atom is -0.374 e. The van der Waals surface area contributed by atoms with Crippen LogP contribution in [0.5, 0.6) is 0 Å². The Kier molecular flexibility index (Phi) is 3.58. The number of nitrogens with two attached hydrogens (primary N) is 1. The fourth-order valence-electron chi connectivity index (χ4n) is 1.50. The van der Waals surface area contributed by atoms with Crippen molar-refractivity contribution in [3.8, 4) is 11.8 Å². The van der Waals surface area contributed by atoms with Gasteiger partial charge in [-0.15, -0.1) is 11.8 Å². The maximum absolute atomic E-state index is 5.90. The number of hydrogen-bond acceptors (Lipinski definition) is 2. The molecule has 1 heterocycles. The van der Waals surface area contributed by atoms with Gasteiger partial charge in [0.15, 0.2) is 0 Å². The monoisotopic (exact) mass is 167 g/mol. The molecule has 1 rings (SSSR count). The third-order valence-electron chi connectivity index (χ3n) is 2.26. The molecule has 0 amide bonds. The Balaban J connectivity index is 2.31. The Morgan fingerprint density at radius 2 is 2.33 bits per heavy atom. The van der Waals surface area contributed by atoms with E-state index in [0.717, 1.165) is 19.3 Å². The van der Waals surface area contributed by atoms with Gasteiger partial charge < -0.3 is 10.5 Å². The van der Waals surface area contributed by atoms with E-state index >= 15 is 0 Å². The zero-order chi connectivity index (χ0) is 8.97. The third kappa shape index (κ3) is 2.51. The molecule has 2 N–H and O–H groups in total. The molecular weight excluding hydrogens is 150 g/mol. The predicted octanol–water partition coefficient (Wildman–Crippen LogP) is 1.29. The highest BCUT2D eigenvalue weighted by Gasteiger charge is 2.26. The first-order valence-corrected chi connectivity index (χ1v) is 4.54. The van der Waals surface area contributed by atoms with E-state index < -0.39 is 0 Å². The van der Waals surface area contributed by atoms with E-state index in [0.29, 0.717) is 6.10 Å². The van der Waals surface area contributed by atoms with Crippen molar-refractivity contribution in [2.24, 2.45) is 5.73 Å². The molecule has 12 heavy (non-hydrogen) atoms. The van der Waals surface area contributed by atoms with Gasteiger partial charge in [0, 0.05) is 12.5 Å². The van der Waals surface area contributed by atoms with Crippen LogP contribution in [0.4, 0.5) is 0 Å². The van der Waals surface area contributed by atoms with Gasteiger partial charge >= 0.3 is 0 Å². The number of rotatable bonds is 2. The van der Waals surface area contributed by atoms with Gasteiger partial charge in [-0.1, -0.05) is 0 Å². The summed E-state index contributed by atoms with van der Waals surface area (Å²) in [6, 6.07) is 0.0994. The summed E-state index contributed by atoms with van der Waals surface area (Å²) >= 11 is 0. The molecular formula is C10H17NO. The predicted molar refractivity (Wildman–Crippen MR) is 49.6 cm³/mol. The van der Waals surface area contributed by atoms with E-state index in [9.17, 15) is 0 Å². The van der Waals surface area contributed by atoms with Crippen molar-refractivity contribution in [1.82, 2.24) is 0 Å². The molecule has 1 aliphatic rings. The lowest BCUT2D eigenvalue weighted by Crippen LogP contribution is -2.34. The second-order valence-corrected chi connectivity index (χ2v) is 3.36. The van der Waals surface area contributed by atoms with Crippen molar-refractivity contribution in [2.45, 2.75) is 51.4 Å². The van der Waals surface area contributed by atoms with Crippen molar-refractivity contribution >= 4 is 0 Å². The first-order chi connectivity index (χ1) is 5.74. The van der Waals surface area contributed by atoms with Crippen LogP contribution in [0.2, 0.25) is 0 Å². The van der Waals surface area contributed by atoms with E-state index in [-0.39, 0.29) is 12.1 Å². The van der Waals surface area contributed by atoms with Crippen molar-refractivity contribution in [3.63, 3.8) is 0 Å². The first-order valence-electron chi connectivity index (χ1n) is 4.54. The van der Waals surface area contributed by atoms with Gasteiger partial charge in [0.2, 0.25) is 0 Å². The number of ether oxygens (including phenoxy) is 1. The third-order valence-corrected chi connectivity index (χ3v) is 2.26. The molecule has 0 saturated carbocycles. The van der Waals surface area contributed by atoms with Crippen LogP contribution in [-0.2, 0) is 4.74 Å². The highest BCUT2D eigenvalue weighted by atomic mass is 16.5. The Morgan fingerprint density at radius 3 is 2.83 bits per heavy atom. The summed E-state index contributed by atoms with van der Waals surface area (Å²) in [5.74, 6) is 5.83. The molecule has 1 saturated heterocycles. The molecule has 0 aromatic carbocycles. The largest absolute Gasteiger partial charge is 0.374 e. The van der Waals surface area contributed by atoms with Gasteiger partial charge in [0.05, 0.1) is 12.2 Å². The topological polar surface area (TPSA) is 35.2 Å². The molecule has 0 aromatic rings. The minimum absolute atomic E-state index is 0.0994. The standard InChI is InChI=1S/C10H17NO/c1-3-4-5-9(11)10-7-6-8(2)12-10/h8-10H,5-7,11H2,1-2H3. The lowest BCUT2D eigenvalue weighted by atomic mass is 10.1. The summed E-state index contributed by atoms with van der Waals surface area (Å²) in [6.07, 6.45) is 3.61. The van der Waals surface area contributed by atoms with Gasteiger partial charge in [0.25, 0.3) is 0 Å². The lowest BCUT2D eigenvalue weighted by molar-refractivity contribution is 0.0413. The molecule has 1 fully saturated rings. The molecule has 2 nitrogen and oxygen atoms in total.